The summed E-state index contributed by atoms with van der Waals surface area (Å²) in [6.45, 7) is 9.00. The Bertz CT molecular complexity index is 919. The lowest BCUT2D eigenvalue weighted by Crippen LogP contribution is -2.45. The molecule has 30 heavy (non-hydrogen) atoms. The molecule has 0 radical (unpaired) electrons. The molecule has 1 amide bonds. The van der Waals surface area contributed by atoms with Gasteiger partial charge in [0.05, 0.1) is 6.04 Å². The number of piperidine rings is 1. The SMILES string of the molecule is Cc1ccc2c(c1)C(NC(=O)C1CCN(Cc3cccc(Cl)c3)CC1)CC(C)(C)O2. The van der Waals surface area contributed by atoms with Crippen LogP contribution in [0.4, 0.5) is 0 Å². The highest BCUT2D eigenvalue weighted by Crippen LogP contribution is 2.40. The van der Waals surface area contributed by atoms with Crippen molar-refractivity contribution in [3.63, 3.8) is 0 Å². The molecule has 5 heteroatoms. The van der Waals surface area contributed by atoms with E-state index in [1.165, 1.54) is 11.1 Å². The summed E-state index contributed by atoms with van der Waals surface area (Å²) >= 11 is 6.11. The van der Waals surface area contributed by atoms with E-state index in [0.717, 1.165) is 55.2 Å². The van der Waals surface area contributed by atoms with Crippen molar-refractivity contribution in [1.29, 1.82) is 0 Å². The number of ether oxygens (including phenoxy) is 1. The van der Waals surface area contributed by atoms with Crippen LogP contribution in [0.25, 0.3) is 0 Å². The Balaban J connectivity index is 1.36. The minimum absolute atomic E-state index is 0.000593. The van der Waals surface area contributed by atoms with E-state index >= 15 is 0 Å². The van der Waals surface area contributed by atoms with Gasteiger partial charge < -0.3 is 10.1 Å². The minimum Gasteiger partial charge on any atom is -0.487 e. The third kappa shape index (κ3) is 4.98. The lowest BCUT2D eigenvalue weighted by atomic mass is 9.88. The second-order valence-corrected chi connectivity index (χ2v) is 9.79. The Morgan fingerprint density at radius 1 is 1.20 bits per heavy atom. The van der Waals surface area contributed by atoms with Crippen molar-refractivity contribution >= 4 is 17.5 Å². The summed E-state index contributed by atoms with van der Waals surface area (Å²) < 4.78 is 6.14. The predicted octanol–water partition coefficient (Wildman–Crippen LogP) is 5.28. The zero-order valence-electron chi connectivity index (χ0n) is 18.1. The fraction of sp³-hybridized carbons (Fsp3) is 0.480. The van der Waals surface area contributed by atoms with Gasteiger partial charge in [-0.05, 0) is 70.5 Å². The topological polar surface area (TPSA) is 41.6 Å². The average Bonchev–Trinajstić information content (AvgIpc) is 2.68. The van der Waals surface area contributed by atoms with E-state index in [2.05, 4.69) is 49.2 Å². The maximum Gasteiger partial charge on any atom is 0.223 e. The second-order valence-electron chi connectivity index (χ2n) is 9.35. The number of benzene rings is 2. The summed E-state index contributed by atoms with van der Waals surface area (Å²) in [5.74, 6) is 1.13. The van der Waals surface area contributed by atoms with Gasteiger partial charge in [-0.1, -0.05) is 41.4 Å². The van der Waals surface area contributed by atoms with Crippen LogP contribution in [0.1, 0.15) is 55.8 Å². The van der Waals surface area contributed by atoms with Crippen molar-refractivity contribution < 1.29 is 9.53 Å². The zero-order chi connectivity index (χ0) is 21.3. The predicted molar refractivity (Wildman–Crippen MR) is 121 cm³/mol. The summed E-state index contributed by atoms with van der Waals surface area (Å²) in [7, 11) is 0. The van der Waals surface area contributed by atoms with Crippen LogP contribution in [0.5, 0.6) is 5.75 Å². The molecule has 1 atom stereocenters. The third-order valence-electron chi connectivity index (χ3n) is 6.19. The first kappa shape index (κ1) is 21.2. The Kier molecular flexibility index (Phi) is 6.08. The summed E-state index contributed by atoms with van der Waals surface area (Å²) in [6, 6.07) is 14.3. The normalized spacial score (nSPS) is 21.5. The molecule has 1 unspecified atom stereocenters. The van der Waals surface area contributed by atoms with Crippen molar-refractivity contribution in [2.45, 2.75) is 58.2 Å². The van der Waals surface area contributed by atoms with Gasteiger partial charge in [0.25, 0.3) is 0 Å². The minimum atomic E-state index is -0.291. The van der Waals surface area contributed by atoms with Crippen LogP contribution < -0.4 is 10.1 Å². The highest BCUT2D eigenvalue weighted by molar-refractivity contribution is 6.30. The van der Waals surface area contributed by atoms with Gasteiger partial charge in [0.2, 0.25) is 5.91 Å². The fourth-order valence-electron chi connectivity index (χ4n) is 4.64. The van der Waals surface area contributed by atoms with Gasteiger partial charge in [-0.15, -0.1) is 0 Å². The van der Waals surface area contributed by atoms with Crippen LogP contribution >= 0.6 is 11.6 Å². The lowest BCUT2D eigenvalue weighted by molar-refractivity contribution is -0.127. The number of aryl methyl sites for hydroxylation is 1. The largest absolute Gasteiger partial charge is 0.487 e. The molecule has 4 nitrogen and oxygen atoms in total. The molecule has 0 aromatic heterocycles. The number of amides is 1. The second kappa shape index (κ2) is 8.60. The lowest BCUT2D eigenvalue weighted by Gasteiger charge is -2.39. The van der Waals surface area contributed by atoms with Gasteiger partial charge in [0.15, 0.2) is 0 Å². The summed E-state index contributed by atoms with van der Waals surface area (Å²) in [4.78, 5) is 15.5. The van der Waals surface area contributed by atoms with Gasteiger partial charge >= 0.3 is 0 Å². The number of nitrogens with one attached hydrogen (secondary N) is 1. The van der Waals surface area contributed by atoms with Gasteiger partial charge in [-0.25, -0.2) is 0 Å². The molecule has 4 rings (SSSR count). The molecule has 2 aromatic rings. The van der Waals surface area contributed by atoms with E-state index in [1.807, 2.05) is 24.3 Å². The van der Waals surface area contributed by atoms with Gasteiger partial charge in [0.1, 0.15) is 11.4 Å². The third-order valence-corrected chi connectivity index (χ3v) is 6.43. The smallest absolute Gasteiger partial charge is 0.223 e. The Hall–Kier alpha value is -2.04. The van der Waals surface area contributed by atoms with E-state index in [9.17, 15) is 4.79 Å². The first-order valence-electron chi connectivity index (χ1n) is 10.9. The first-order chi connectivity index (χ1) is 14.3. The number of carbonyl (C=O) groups is 1. The number of carbonyl (C=O) groups excluding carboxylic acids is 1. The van der Waals surface area contributed by atoms with Crippen LogP contribution in [0.15, 0.2) is 42.5 Å². The molecule has 160 valence electrons. The Morgan fingerprint density at radius 2 is 1.97 bits per heavy atom. The number of rotatable bonds is 4. The molecule has 2 aliphatic heterocycles. The van der Waals surface area contributed by atoms with Gasteiger partial charge in [0, 0.05) is 29.5 Å². The van der Waals surface area contributed by atoms with E-state index in [-0.39, 0.29) is 23.5 Å². The molecule has 2 aromatic carbocycles. The average molecular weight is 427 g/mol. The van der Waals surface area contributed by atoms with E-state index < -0.39 is 0 Å². The standard InChI is InChI=1S/C25H31ClN2O2/c1-17-7-8-23-21(13-17)22(15-25(2,3)30-23)27-24(29)19-9-11-28(12-10-19)16-18-5-4-6-20(26)14-18/h4-8,13-14,19,22H,9-12,15-16H2,1-3H3,(H,27,29). The highest BCUT2D eigenvalue weighted by Gasteiger charge is 2.36. The van der Waals surface area contributed by atoms with Crippen molar-refractivity contribution in [2.75, 3.05) is 13.1 Å². The molecular weight excluding hydrogens is 396 g/mol. The molecular formula is C25H31ClN2O2. The summed E-state index contributed by atoms with van der Waals surface area (Å²) in [5.41, 5.74) is 3.22. The van der Waals surface area contributed by atoms with Crippen molar-refractivity contribution in [1.82, 2.24) is 10.2 Å². The van der Waals surface area contributed by atoms with Crippen molar-refractivity contribution in [2.24, 2.45) is 5.92 Å². The maximum atomic E-state index is 13.1. The number of likely N-dealkylation sites (tertiary alicyclic amines) is 1. The van der Waals surface area contributed by atoms with Crippen LogP contribution in [-0.4, -0.2) is 29.5 Å². The monoisotopic (exact) mass is 426 g/mol. The van der Waals surface area contributed by atoms with E-state index in [0.29, 0.717) is 0 Å². The summed E-state index contributed by atoms with van der Waals surface area (Å²) in [6.07, 6.45) is 2.56. The van der Waals surface area contributed by atoms with Crippen LogP contribution in [0.2, 0.25) is 5.02 Å². The van der Waals surface area contributed by atoms with Crippen LogP contribution in [0.3, 0.4) is 0 Å². The number of nitrogens with zero attached hydrogens (tertiary/aromatic N) is 1. The molecule has 0 aliphatic carbocycles. The van der Waals surface area contributed by atoms with E-state index in [1.54, 1.807) is 0 Å². The first-order valence-corrected chi connectivity index (χ1v) is 11.2. The molecule has 0 bridgehead atoms. The molecule has 0 spiro atoms. The number of fused-ring (bicyclic) bond motifs is 1. The van der Waals surface area contributed by atoms with Crippen molar-refractivity contribution in [3.8, 4) is 5.75 Å². The summed E-state index contributed by atoms with van der Waals surface area (Å²) in [5, 5.41) is 4.12. The maximum absolute atomic E-state index is 13.1. The molecule has 0 saturated carbocycles. The quantitative estimate of drug-likeness (QED) is 0.723. The van der Waals surface area contributed by atoms with Crippen LogP contribution in [-0.2, 0) is 11.3 Å². The number of halogens is 1. The Labute approximate surface area is 184 Å². The van der Waals surface area contributed by atoms with Gasteiger partial charge in [-0.2, -0.15) is 0 Å². The fourth-order valence-corrected chi connectivity index (χ4v) is 4.85. The van der Waals surface area contributed by atoms with Crippen molar-refractivity contribution in [3.05, 3.63) is 64.2 Å². The molecule has 1 fully saturated rings. The number of hydrogen-bond acceptors (Lipinski definition) is 3. The Morgan fingerprint density at radius 3 is 2.70 bits per heavy atom. The van der Waals surface area contributed by atoms with E-state index in [4.69, 9.17) is 16.3 Å². The van der Waals surface area contributed by atoms with Gasteiger partial charge in [-0.3, -0.25) is 9.69 Å². The number of hydrogen-bond donors (Lipinski definition) is 1. The molecule has 2 heterocycles. The van der Waals surface area contributed by atoms with Crippen LogP contribution in [0, 0.1) is 12.8 Å². The molecule has 1 saturated heterocycles. The molecule has 1 N–H and O–H groups in total. The zero-order valence-corrected chi connectivity index (χ0v) is 18.8. The molecule has 2 aliphatic rings. The highest BCUT2D eigenvalue weighted by atomic mass is 35.5.